The molecule has 0 saturated heterocycles. The van der Waals surface area contributed by atoms with E-state index in [1.54, 1.807) is 0 Å². The summed E-state index contributed by atoms with van der Waals surface area (Å²) >= 11 is 0. The summed E-state index contributed by atoms with van der Waals surface area (Å²) in [4.78, 5) is 23.1. The van der Waals surface area contributed by atoms with Crippen LogP contribution in [0.25, 0.3) is 11.1 Å². The second kappa shape index (κ2) is 12.9. The zero-order valence-corrected chi connectivity index (χ0v) is 20.7. The first-order chi connectivity index (χ1) is 16.2. The number of hydrogen-bond donors (Lipinski definition) is 0. The second-order valence-electron chi connectivity index (χ2n) is 9.84. The highest BCUT2D eigenvalue weighted by Crippen LogP contribution is 2.54. The number of carbonyl (C=O) groups excluding carboxylic acids is 2. The van der Waals surface area contributed by atoms with Crippen molar-refractivity contribution in [1.82, 2.24) is 0 Å². The predicted molar refractivity (Wildman–Crippen MR) is 138 cm³/mol. The third kappa shape index (κ3) is 6.02. The third-order valence-corrected chi connectivity index (χ3v) is 7.51. The summed E-state index contributed by atoms with van der Waals surface area (Å²) in [6, 6.07) is 12.1. The molecular formula is C31H40O2. The highest BCUT2D eigenvalue weighted by atomic mass is 16.1. The maximum atomic E-state index is 11.5. The molecule has 2 heteroatoms. The lowest BCUT2D eigenvalue weighted by Gasteiger charge is -2.33. The number of fused-ring (bicyclic) bond motifs is 3. The van der Waals surface area contributed by atoms with Crippen molar-refractivity contribution in [2.75, 3.05) is 0 Å². The molecule has 0 atom stereocenters. The van der Waals surface area contributed by atoms with Crippen LogP contribution in [0.5, 0.6) is 0 Å². The van der Waals surface area contributed by atoms with Gasteiger partial charge in [0.15, 0.2) is 0 Å². The van der Waals surface area contributed by atoms with Crippen molar-refractivity contribution in [2.45, 2.75) is 109 Å². The van der Waals surface area contributed by atoms with E-state index in [0.717, 1.165) is 12.8 Å². The largest absolute Gasteiger partial charge is 0.285 e. The van der Waals surface area contributed by atoms with Gasteiger partial charge in [-0.1, -0.05) is 115 Å². The molecule has 0 unspecified atom stereocenters. The lowest BCUT2D eigenvalue weighted by atomic mass is 9.70. The number of rotatable bonds is 16. The summed E-state index contributed by atoms with van der Waals surface area (Å²) in [7, 11) is 0. The molecule has 0 aromatic heterocycles. The highest BCUT2D eigenvalue weighted by Gasteiger charge is 2.42. The first-order valence-electron chi connectivity index (χ1n) is 13.3. The van der Waals surface area contributed by atoms with Crippen LogP contribution >= 0.6 is 0 Å². The fourth-order valence-electron chi connectivity index (χ4n) is 5.70. The number of benzene rings is 2. The normalized spacial score (nSPS) is 13.5. The quantitative estimate of drug-likeness (QED) is 0.244. The third-order valence-electron chi connectivity index (χ3n) is 7.51. The lowest BCUT2D eigenvalue weighted by molar-refractivity contribution is 0.397. The molecule has 0 saturated carbocycles. The zero-order valence-electron chi connectivity index (χ0n) is 20.7. The van der Waals surface area contributed by atoms with Gasteiger partial charge in [0.05, 0.1) is 0 Å². The van der Waals surface area contributed by atoms with Crippen molar-refractivity contribution in [3.05, 3.63) is 58.7 Å². The van der Waals surface area contributed by atoms with Crippen LogP contribution in [0.2, 0.25) is 0 Å². The zero-order chi connectivity index (χ0) is 23.5. The van der Waals surface area contributed by atoms with Gasteiger partial charge in [-0.3, -0.25) is 9.59 Å². The molecule has 1 aliphatic carbocycles. The first-order valence-corrected chi connectivity index (χ1v) is 13.3. The summed E-state index contributed by atoms with van der Waals surface area (Å²) in [5.74, 6) is 0. The van der Waals surface area contributed by atoms with Gasteiger partial charge in [0.25, 0.3) is 0 Å². The minimum Gasteiger partial charge on any atom is -0.285 e. The first kappa shape index (κ1) is 25.4. The van der Waals surface area contributed by atoms with Gasteiger partial charge in [-0.05, 0) is 47.2 Å². The molecule has 2 aromatic rings. The van der Waals surface area contributed by atoms with E-state index in [1.165, 1.54) is 99.3 Å². The van der Waals surface area contributed by atoms with Crippen molar-refractivity contribution < 1.29 is 9.59 Å². The molecule has 0 fully saturated rings. The van der Waals surface area contributed by atoms with Gasteiger partial charge in [-0.25, -0.2) is 0 Å². The van der Waals surface area contributed by atoms with Gasteiger partial charge in [0.2, 0.25) is 12.6 Å². The molecule has 33 heavy (non-hydrogen) atoms. The number of unbranched alkanes of at least 4 members (excludes halogenated alkanes) is 10. The van der Waals surface area contributed by atoms with E-state index in [-0.39, 0.29) is 5.41 Å². The van der Waals surface area contributed by atoms with Crippen LogP contribution in [0, 0.1) is 0 Å². The lowest BCUT2D eigenvalue weighted by Crippen LogP contribution is -2.26. The molecule has 0 amide bonds. The fourth-order valence-corrected chi connectivity index (χ4v) is 5.70. The smallest absolute Gasteiger partial charge is 0.233 e. The van der Waals surface area contributed by atoms with Gasteiger partial charge in [0.1, 0.15) is 0 Å². The van der Waals surface area contributed by atoms with Crippen molar-refractivity contribution >= 4 is 12.6 Å². The average molecular weight is 445 g/mol. The molecule has 3 rings (SSSR count). The van der Waals surface area contributed by atoms with Crippen molar-refractivity contribution in [1.29, 1.82) is 0 Å². The molecule has 2 aromatic carbocycles. The minimum absolute atomic E-state index is 0.125. The Morgan fingerprint density at radius 2 is 0.970 bits per heavy atom. The molecule has 176 valence electrons. The monoisotopic (exact) mass is 444 g/mol. The van der Waals surface area contributed by atoms with E-state index in [0.29, 0.717) is 11.1 Å². The standard InChI is InChI=1S/C31H40O2/c1-3-5-7-9-11-13-19-31(20-14-12-10-8-6-4-2)29-21-25(23-32)15-17-27(29)28-18-16-26(24-33)22-30(28)31/h15-18,21-22H,3-14,19-20H2,1-2H3. The Balaban J connectivity index is 1.92. The molecule has 0 bridgehead atoms. The Kier molecular flexibility index (Phi) is 9.91. The van der Waals surface area contributed by atoms with E-state index in [1.807, 2.05) is 12.1 Å². The Bertz CT molecular complexity index is 836. The average Bonchev–Trinajstić information content (AvgIpc) is 3.12. The Labute approximate surface area is 201 Å². The van der Waals surface area contributed by atoms with Gasteiger partial charge < -0.3 is 0 Å². The fraction of sp³-hybridized carbons (Fsp3) is 0.548. The highest BCUT2D eigenvalue weighted by molar-refractivity contribution is 5.88. The van der Waals surface area contributed by atoms with Gasteiger partial charge in [-0.15, -0.1) is 0 Å². The van der Waals surface area contributed by atoms with E-state index in [9.17, 15) is 9.59 Å². The van der Waals surface area contributed by atoms with Gasteiger partial charge in [-0.2, -0.15) is 0 Å². The molecule has 0 N–H and O–H groups in total. The summed E-state index contributed by atoms with van der Waals surface area (Å²) in [5, 5.41) is 0. The topological polar surface area (TPSA) is 34.1 Å². The summed E-state index contributed by atoms with van der Waals surface area (Å²) in [6.45, 7) is 4.51. The SMILES string of the molecule is CCCCCCCCC1(CCCCCCCC)c2cc([C]=O)ccc2-c2ccc([C]=O)cc21. The van der Waals surface area contributed by atoms with Crippen LogP contribution in [-0.4, -0.2) is 12.6 Å². The molecule has 2 nitrogen and oxygen atoms in total. The number of hydrogen-bond acceptors (Lipinski definition) is 2. The Morgan fingerprint density at radius 3 is 1.36 bits per heavy atom. The summed E-state index contributed by atoms with van der Waals surface area (Å²) in [5.41, 5.74) is 6.10. The van der Waals surface area contributed by atoms with Crippen molar-refractivity contribution in [3.8, 4) is 11.1 Å². The Morgan fingerprint density at radius 1 is 0.576 bits per heavy atom. The van der Waals surface area contributed by atoms with E-state index in [2.05, 4.69) is 50.7 Å². The summed E-state index contributed by atoms with van der Waals surface area (Å²) < 4.78 is 0. The van der Waals surface area contributed by atoms with Crippen LogP contribution in [0.3, 0.4) is 0 Å². The van der Waals surface area contributed by atoms with Crippen LogP contribution in [0.1, 0.15) is 126 Å². The maximum Gasteiger partial charge on any atom is 0.233 e. The Hall–Kier alpha value is -2.22. The molecule has 0 heterocycles. The molecule has 0 aliphatic heterocycles. The molecule has 0 spiro atoms. The minimum atomic E-state index is -0.125. The maximum absolute atomic E-state index is 11.5. The van der Waals surface area contributed by atoms with E-state index in [4.69, 9.17) is 0 Å². The predicted octanol–water partition coefficient (Wildman–Crippen LogP) is 8.37. The molecule has 1 aliphatic rings. The van der Waals surface area contributed by atoms with Gasteiger partial charge >= 0.3 is 0 Å². The second-order valence-corrected chi connectivity index (χ2v) is 9.84. The van der Waals surface area contributed by atoms with Crippen molar-refractivity contribution in [3.63, 3.8) is 0 Å². The summed E-state index contributed by atoms with van der Waals surface area (Å²) in [6.07, 6.45) is 21.5. The molecular weight excluding hydrogens is 404 g/mol. The van der Waals surface area contributed by atoms with Crippen LogP contribution < -0.4 is 0 Å². The van der Waals surface area contributed by atoms with Crippen LogP contribution in [0.15, 0.2) is 36.4 Å². The van der Waals surface area contributed by atoms with Gasteiger partial charge in [0, 0.05) is 16.5 Å². The molecule has 2 radical (unpaired) electrons. The van der Waals surface area contributed by atoms with Crippen molar-refractivity contribution in [2.24, 2.45) is 0 Å². The van der Waals surface area contributed by atoms with E-state index >= 15 is 0 Å². The van der Waals surface area contributed by atoms with Crippen LogP contribution in [0.4, 0.5) is 0 Å². The van der Waals surface area contributed by atoms with E-state index < -0.39 is 0 Å². The van der Waals surface area contributed by atoms with Crippen LogP contribution in [-0.2, 0) is 15.0 Å².